The minimum atomic E-state index is 0.431. The summed E-state index contributed by atoms with van der Waals surface area (Å²) in [4.78, 5) is 12.3. The Morgan fingerprint density at radius 1 is 1.31 bits per heavy atom. The number of nitrogens with two attached hydrogens (primary N) is 1. The molecular formula is C10H9ClN4S. The number of pyridine rings is 1. The molecule has 2 N–H and O–H groups in total. The van der Waals surface area contributed by atoms with E-state index in [4.69, 9.17) is 17.3 Å². The first-order chi connectivity index (χ1) is 7.69. The van der Waals surface area contributed by atoms with Crippen LogP contribution in [0.3, 0.4) is 0 Å². The minimum Gasteiger partial charge on any atom is -0.384 e. The monoisotopic (exact) mass is 252 g/mol. The molecule has 0 saturated heterocycles. The van der Waals surface area contributed by atoms with Crippen LogP contribution >= 0.6 is 23.4 Å². The highest BCUT2D eigenvalue weighted by Gasteiger charge is 2.05. The van der Waals surface area contributed by atoms with Gasteiger partial charge in [0.1, 0.15) is 11.0 Å². The quantitative estimate of drug-likeness (QED) is 0.505. The second-order valence-corrected chi connectivity index (χ2v) is 4.19. The van der Waals surface area contributed by atoms with Gasteiger partial charge in [-0.05, 0) is 18.4 Å². The molecule has 0 aliphatic heterocycles. The van der Waals surface area contributed by atoms with Crippen LogP contribution in [0.15, 0.2) is 29.6 Å². The Hall–Kier alpha value is -1.33. The van der Waals surface area contributed by atoms with Crippen molar-refractivity contribution in [1.82, 2.24) is 15.0 Å². The summed E-state index contributed by atoms with van der Waals surface area (Å²) >= 11 is 7.26. The molecule has 2 aromatic rings. The number of halogens is 1. The molecule has 0 aliphatic rings. The summed E-state index contributed by atoms with van der Waals surface area (Å²) in [7, 11) is 0. The largest absolute Gasteiger partial charge is 0.384 e. The van der Waals surface area contributed by atoms with E-state index in [1.807, 2.05) is 12.3 Å². The highest BCUT2D eigenvalue weighted by molar-refractivity contribution is 7.98. The van der Waals surface area contributed by atoms with Crippen molar-refractivity contribution in [3.05, 3.63) is 29.5 Å². The molecule has 0 aliphatic carbocycles. The van der Waals surface area contributed by atoms with Crippen molar-refractivity contribution in [3.63, 3.8) is 0 Å². The van der Waals surface area contributed by atoms with E-state index in [9.17, 15) is 0 Å². The van der Waals surface area contributed by atoms with Crippen LogP contribution in [-0.4, -0.2) is 21.2 Å². The first-order valence-corrected chi connectivity index (χ1v) is 6.10. The zero-order valence-corrected chi connectivity index (χ0v) is 10.1. The summed E-state index contributed by atoms with van der Waals surface area (Å²) in [6, 6.07) is 5.29. The van der Waals surface area contributed by atoms with Gasteiger partial charge < -0.3 is 5.73 Å². The summed E-state index contributed by atoms with van der Waals surface area (Å²) in [6.07, 6.45) is 3.53. The van der Waals surface area contributed by atoms with Crippen LogP contribution in [0.4, 0.5) is 5.82 Å². The van der Waals surface area contributed by atoms with Crippen molar-refractivity contribution in [2.75, 3.05) is 12.0 Å². The molecule has 0 aromatic carbocycles. The molecule has 0 amide bonds. The fraction of sp³-hybridized carbons (Fsp3) is 0.100. The third-order valence-electron chi connectivity index (χ3n) is 1.93. The van der Waals surface area contributed by atoms with Gasteiger partial charge in [0.25, 0.3) is 0 Å². The molecule has 6 heteroatoms. The standard InChI is InChI=1S/C10H9ClN4S/c1-16-10-14-7(5-9(12)15-10)6-2-3-13-8(11)4-6/h2-5H,1H3,(H2,12,14,15). The number of anilines is 1. The molecule has 0 atom stereocenters. The van der Waals surface area contributed by atoms with Gasteiger partial charge in [0.15, 0.2) is 5.16 Å². The summed E-state index contributed by atoms with van der Waals surface area (Å²) in [5, 5.41) is 1.07. The SMILES string of the molecule is CSc1nc(N)cc(-c2ccnc(Cl)c2)n1. The van der Waals surface area contributed by atoms with Gasteiger partial charge in [0.2, 0.25) is 0 Å². The molecule has 0 bridgehead atoms. The maximum Gasteiger partial charge on any atom is 0.189 e. The molecule has 2 aromatic heterocycles. The predicted octanol–water partition coefficient (Wildman–Crippen LogP) is 2.50. The molecule has 2 heterocycles. The Balaban J connectivity index is 2.51. The van der Waals surface area contributed by atoms with Crippen LogP contribution in [0.5, 0.6) is 0 Å². The summed E-state index contributed by atoms with van der Waals surface area (Å²) in [5.41, 5.74) is 7.33. The normalized spacial score (nSPS) is 10.4. The van der Waals surface area contributed by atoms with Gasteiger partial charge in [-0.2, -0.15) is 0 Å². The van der Waals surface area contributed by atoms with Crippen LogP contribution in [0.25, 0.3) is 11.3 Å². The van der Waals surface area contributed by atoms with E-state index < -0.39 is 0 Å². The van der Waals surface area contributed by atoms with Gasteiger partial charge in [-0.3, -0.25) is 0 Å². The molecule has 82 valence electrons. The maximum absolute atomic E-state index is 5.82. The summed E-state index contributed by atoms with van der Waals surface area (Å²) in [5.74, 6) is 0.447. The predicted molar refractivity (Wildman–Crippen MR) is 66.5 cm³/mol. The first kappa shape index (κ1) is 11.2. The zero-order valence-electron chi connectivity index (χ0n) is 8.51. The van der Waals surface area contributed by atoms with E-state index in [-0.39, 0.29) is 0 Å². The van der Waals surface area contributed by atoms with Gasteiger partial charge in [-0.15, -0.1) is 0 Å². The number of nitrogen functional groups attached to an aromatic ring is 1. The molecular weight excluding hydrogens is 244 g/mol. The van der Waals surface area contributed by atoms with Crippen LogP contribution in [0, 0.1) is 0 Å². The van der Waals surface area contributed by atoms with Crippen molar-refractivity contribution >= 4 is 29.2 Å². The third kappa shape index (κ3) is 2.43. The van der Waals surface area contributed by atoms with E-state index in [1.54, 1.807) is 18.3 Å². The van der Waals surface area contributed by atoms with Gasteiger partial charge in [-0.1, -0.05) is 23.4 Å². The first-order valence-electron chi connectivity index (χ1n) is 4.49. The second-order valence-electron chi connectivity index (χ2n) is 3.03. The third-order valence-corrected chi connectivity index (χ3v) is 2.68. The summed E-state index contributed by atoms with van der Waals surface area (Å²) in [6.45, 7) is 0. The highest BCUT2D eigenvalue weighted by atomic mass is 35.5. The van der Waals surface area contributed by atoms with E-state index in [0.717, 1.165) is 11.3 Å². The van der Waals surface area contributed by atoms with Gasteiger partial charge >= 0.3 is 0 Å². The molecule has 4 nitrogen and oxygen atoms in total. The number of hydrogen-bond donors (Lipinski definition) is 1. The van der Waals surface area contributed by atoms with Crippen LogP contribution < -0.4 is 5.73 Å². The lowest BCUT2D eigenvalue weighted by molar-refractivity contribution is 0.984. The van der Waals surface area contributed by atoms with Crippen molar-refractivity contribution < 1.29 is 0 Å². The van der Waals surface area contributed by atoms with Crippen molar-refractivity contribution in [2.45, 2.75) is 5.16 Å². The Bertz CT molecular complexity index is 518. The van der Waals surface area contributed by atoms with Crippen LogP contribution in [0.2, 0.25) is 5.15 Å². The minimum absolute atomic E-state index is 0.431. The molecule has 0 spiro atoms. The number of rotatable bonds is 2. The van der Waals surface area contributed by atoms with Crippen molar-refractivity contribution in [3.8, 4) is 11.3 Å². The number of hydrogen-bond acceptors (Lipinski definition) is 5. The fourth-order valence-electron chi connectivity index (χ4n) is 1.24. The van der Waals surface area contributed by atoms with Crippen LogP contribution in [-0.2, 0) is 0 Å². The lowest BCUT2D eigenvalue weighted by Crippen LogP contribution is -1.96. The van der Waals surface area contributed by atoms with Gasteiger partial charge in [-0.25, -0.2) is 15.0 Å². The van der Waals surface area contributed by atoms with Crippen LogP contribution in [0.1, 0.15) is 0 Å². The van der Waals surface area contributed by atoms with Gasteiger partial charge in [0, 0.05) is 17.8 Å². The second kappa shape index (κ2) is 4.67. The lowest BCUT2D eigenvalue weighted by atomic mass is 10.2. The molecule has 16 heavy (non-hydrogen) atoms. The molecule has 0 fully saturated rings. The molecule has 0 saturated carbocycles. The van der Waals surface area contributed by atoms with E-state index in [0.29, 0.717) is 16.1 Å². The van der Waals surface area contributed by atoms with Crippen molar-refractivity contribution in [2.24, 2.45) is 0 Å². The number of aromatic nitrogens is 3. The number of nitrogens with zero attached hydrogens (tertiary/aromatic N) is 3. The highest BCUT2D eigenvalue weighted by Crippen LogP contribution is 2.22. The average molecular weight is 253 g/mol. The fourth-order valence-corrected chi connectivity index (χ4v) is 1.80. The van der Waals surface area contributed by atoms with E-state index in [1.165, 1.54) is 11.8 Å². The maximum atomic E-state index is 5.82. The Morgan fingerprint density at radius 3 is 2.81 bits per heavy atom. The summed E-state index contributed by atoms with van der Waals surface area (Å²) < 4.78 is 0. The Labute approximate surface area is 102 Å². The van der Waals surface area contributed by atoms with E-state index in [2.05, 4.69) is 15.0 Å². The smallest absolute Gasteiger partial charge is 0.189 e. The topological polar surface area (TPSA) is 64.7 Å². The molecule has 2 rings (SSSR count). The molecule has 0 unspecified atom stereocenters. The van der Waals surface area contributed by atoms with E-state index >= 15 is 0 Å². The lowest BCUT2D eigenvalue weighted by Gasteiger charge is -2.04. The molecule has 0 radical (unpaired) electrons. The van der Waals surface area contributed by atoms with Gasteiger partial charge in [0.05, 0.1) is 5.69 Å². The van der Waals surface area contributed by atoms with Crippen molar-refractivity contribution in [1.29, 1.82) is 0 Å². The average Bonchev–Trinajstić information content (AvgIpc) is 2.28. The Kier molecular flexibility index (Phi) is 3.26. The zero-order chi connectivity index (χ0) is 11.5. The number of thioether (sulfide) groups is 1. The Morgan fingerprint density at radius 2 is 2.12 bits per heavy atom.